The molecule has 2 heterocycles. The Morgan fingerprint density at radius 3 is 2.62 bits per heavy atom. The average Bonchev–Trinajstić information content (AvgIpc) is 2.45. The molecular formula is C15H10F3N3. The van der Waals surface area contributed by atoms with Crippen LogP contribution in [-0.4, -0.2) is 15.0 Å². The van der Waals surface area contributed by atoms with Crippen molar-refractivity contribution in [3.63, 3.8) is 0 Å². The smallest absolute Gasteiger partial charge is 0.256 e. The Kier molecular flexibility index (Phi) is 3.08. The van der Waals surface area contributed by atoms with E-state index < -0.39 is 11.7 Å². The van der Waals surface area contributed by atoms with Crippen molar-refractivity contribution >= 4 is 10.9 Å². The zero-order valence-electron chi connectivity index (χ0n) is 11.0. The number of rotatable bonds is 1. The summed E-state index contributed by atoms with van der Waals surface area (Å²) in [7, 11) is 0. The third-order valence-electron chi connectivity index (χ3n) is 3.09. The van der Waals surface area contributed by atoms with Crippen molar-refractivity contribution < 1.29 is 13.2 Å². The summed E-state index contributed by atoms with van der Waals surface area (Å²) in [6.45, 7) is 1.73. The van der Waals surface area contributed by atoms with Gasteiger partial charge < -0.3 is 0 Å². The Bertz CT molecular complexity index is 813. The highest BCUT2D eigenvalue weighted by atomic mass is 19.4. The zero-order valence-corrected chi connectivity index (χ0v) is 11.0. The van der Waals surface area contributed by atoms with Gasteiger partial charge in [0.2, 0.25) is 0 Å². The predicted molar refractivity (Wildman–Crippen MR) is 72.5 cm³/mol. The van der Waals surface area contributed by atoms with Gasteiger partial charge in [-0.3, -0.25) is 4.98 Å². The number of aryl methyl sites for hydroxylation is 1. The molecule has 0 atom stereocenters. The Hall–Kier alpha value is -2.50. The summed E-state index contributed by atoms with van der Waals surface area (Å²) in [6.07, 6.45) is -1.45. The quantitative estimate of drug-likeness (QED) is 0.679. The van der Waals surface area contributed by atoms with Gasteiger partial charge in [-0.05, 0) is 25.1 Å². The molecule has 0 N–H and O–H groups in total. The second kappa shape index (κ2) is 4.80. The maximum atomic E-state index is 13.0. The molecule has 0 spiro atoms. The van der Waals surface area contributed by atoms with Crippen molar-refractivity contribution in [1.29, 1.82) is 0 Å². The molecule has 0 saturated heterocycles. The standard InChI is InChI=1S/C15H10F3N3/c1-9-20-8-11-5-4-10(7-13(11)21-9)14-12(15(16,17)18)3-2-6-19-14/h2-8H,1H3. The monoisotopic (exact) mass is 289 g/mol. The van der Waals surface area contributed by atoms with Crippen LogP contribution >= 0.6 is 0 Å². The summed E-state index contributed by atoms with van der Waals surface area (Å²) in [5, 5.41) is 0.772. The number of benzene rings is 1. The molecule has 21 heavy (non-hydrogen) atoms. The Morgan fingerprint density at radius 1 is 1.05 bits per heavy atom. The molecule has 0 aliphatic carbocycles. The van der Waals surface area contributed by atoms with E-state index in [2.05, 4.69) is 15.0 Å². The van der Waals surface area contributed by atoms with E-state index >= 15 is 0 Å². The number of nitrogens with zero attached hydrogens (tertiary/aromatic N) is 3. The molecule has 0 amide bonds. The van der Waals surface area contributed by atoms with Crippen molar-refractivity contribution in [3.05, 3.63) is 54.1 Å². The van der Waals surface area contributed by atoms with Gasteiger partial charge in [-0.25, -0.2) is 9.97 Å². The predicted octanol–water partition coefficient (Wildman–Crippen LogP) is 4.02. The van der Waals surface area contributed by atoms with Crippen LogP contribution in [0, 0.1) is 6.92 Å². The molecule has 0 fully saturated rings. The molecule has 3 rings (SSSR count). The number of hydrogen-bond acceptors (Lipinski definition) is 3. The molecule has 0 bridgehead atoms. The van der Waals surface area contributed by atoms with Crippen molar-refractivity contribution in [3.8, 4) is 11.3 Å². The molecule has 0 radical (unpaired) electrons. The van der Waals surface area contributed by atoms with E-state index in [1.165, 1.54) is 12.3 Å². The Labute approximate surface area is 118 Å². The van der Waals surface area contributed by atoms with Gasteiger partial charge in [0, 0.05) is 23.3 Å². The van der Waals surface area contributed by atoms with Crippen LogP contribution in [0.3, 0.4) is 0 Å². The van der Waals surface area contributed by atoms with Gasteiger partial charge in [0.15, 0.2) is 0 Å². The molecule has 1 aromatic carbocycles. The van der Waals surface area contributed by atoms with Gasteiger partial charge in [0.05, 0.1) is 16.8 Å². The summed E-state index contributed by atoms with van der Waals surface area (Å²) >= 11 is 0. The minimum absolute atomic E-state index is 0.0943. The van der Waals surface area contributed by atoms with E-state index in [1.54, 1.807) is 31.3 Å². The van der Waals surface area contributed by atoms with Gasteiger partial charge in [0.25, 0.3) is 0 Å². The van der Waals surface area contributed by atoms with E-state index in [-0.39, 0.29) is 5.69 Å². The number of fused-ring (bicyclic) bond motifs is 1. The third kappa shape index (κ3) is 2.56. The zero-order chi connectivity index (χ0) is 15.0. The molecule has 0 saturated carbocycles. The van der Waals surface area contributed by atoms with Gasteiger partial charge in [0.1, 0.15) is 5.82 Å². The molecule has 0 unspecified atom stereocenters. The molecule has 3 nitrogen and oxygen atoms in total. The van der Waals surface area contributed by atoms with Crippen molar-refractivity contribution in [2.24, 2.45) is 0 Å². The largest absolute Gasteiger partial charge is 0.418 e. The van der Waals surface area contributed by atoms with Crippen molar-refractivity contribution in [1.82, 2.24) is 15.0 Å². The van der Waals surface area contributed by atoms with Gasteiger partial charge in [-0.2, -0.15) is 13.2 Å². The van der Waals surface area contributed by atoms with Crippen LogP contribution in [0.5, 0.6) is 0 Å². The second-order valence-corrected chi connectivity index (χ2v) is 4.59. The first-order chi connectivity index (χ1) is 9.95. The summed E-state index contributed by atoms with van der Waals surface area (Å²) in [6, 6.07) is 7.19. The summed E-state index contributed by atoms with van der Waals surface area (Å²) < 4.78 is 39.1. The van der Waals surface area contributed by atoms with Gasteiger partial charge in [-0.15, -0.1) is 0 Å². The average molecular weight is 289 g/mol. The summed E-state index contributed by atoms with van der Waals surface area (Å²) in [5.41, 5.74) is 0.130. The highest BCUT2D eigenvalue weighted by Gasteiger charge is 2.34. The van der Waals surface area contributed by atoms with Gasteiger partial charge >= 0.3 is 6.18 Å². The van der Waals surface area contributed by atoms with E-state index in [9.17, 15) is 13.2 Å². The number of pyridine rings is 1. The van der Waals surface area contributed by atoms with E-state index in [1.807, 2.05) is 0 Å². The van der Waals surface area contributed by atoms with E-state index in [0.29, 0.717) is 16.9 Å². The number of halogens is 3. The molecular weight excluding hydrogens is 279 g/mol. The minimum Gasteiger partial charge on any atom is -0.256 e. The molecule has 6 heteroatoms. The first-order valence-corrected chi connectivity index (χ1v) is 6.21. The van der Waals surface area contributed by atoms with Crippen LogP contribution in [0.4, 0.5) is 13.2 Å². The topological polar surface area (TPSA) is 38.7 Å². The molecule has 0 aliphatic heterocycles. The lowest BCUT2D eigenvalue weighted by atomic mass is 10.0. The van der Waals surface area contributed by atoms with Crippen LogP contribution < -0.4 is 0 Å². The molecule has 0 aliphatic rings. The maximum Gasteiger partial charge on any atom is 0.418 e. The van der Waals surface area contributed by atoms with Crippen molar-refractivity contribution in [2.75, 3.05) is 0 Å². The Balaban J connectivity index is 2.21. The van der Waals surface area contributed by atoms with Crippen LogP contribution in [0.1, 0.15) is 11.4 Å². The van der Waals surface area contributed by atoms with Crippen LogP contribution in [-0.2, 0) is 6.18 Å². The lowest BCUT2D eigenvalue weighted by Gasteiger charge is -2.12. The fraction of sp³-hybridized carbons (Fsp3) is 0.133. The lowest BCUT2D eigenvalue weighted by molar-refractivity contribution is -0.137. The summed E-state index contributed by atoms with van der Waals surface area (Å²) in [5.74, 6) is 0.566. The second-order valence-electron chi connectivity index (χ2n) is 4.59. The molecule has 3 aromatic rings. The number of hydrogen-bond donors (Lipinski definition) is 0. The molecule has 2 aromatic heterocycles. The van der Waals surface area contributed by atoms with Crippen molar-refractivity contribution in [2.45, 2.75) is 13.1 Å². The first kappa shape index (κ1) is 13.5. The number of aromatic nitrogens is 3. The minimum atomic E-state index is -4.44. The highest BCUT2D eigenvalue weighted by molar-refractivity contribution is 5.83. The lowest BCUT2D eigenvalue weighted by Crippen LogP contribution is -2.08. The maximum absolute atomic E-state index is 13.0. The van der Waals surface area contributed by atoms with E-state index in [4.69, 9.17) is 0 Å². The number of alkyl halides is 3. The van der Waals surface area contributed by atoms with E-state index in [0.717, 1.165) is 11.5 Å². The van der Waals surface area contributed by atoms with Crippen LogP contribution in [0.2, 0.25) is 0 Å². The van der Waals surface area contributed by atoms with Crippen LogP contribution in [0.25, 0.3) is 22.2 Å². The highest BCUT2D eigenvalue weighted by Crippen LogP contribution is 2.36. The SMILES string of the molecule is Cc1ncc2ccc(-c3ncccc3C(F)(F)F)cc2n1. The third-order valence-corrected chi connectivity index (χ3v) is 3.09. The molecule has 106 valence electrons. The van der Waals surface area contributed by atoms with Crippen LogP contribution in [0.15, 0.2) is 42.7 Å². The Morgan fingerprint density at radius 2 is 1.86 bits per heavy atom. The fourth-order valence-electron chi connectivity index (χ4n) is 2.13. The fourth-order valence-corrected chi connectivity index (χ4v) is 2.13. The summed E-state index contributed by atoms with van der Waals surface area (Å²) in [4.78, 5) is 12.2. The first-order valence-electron chi connectivity index (χ1n) is 6.21. The normalized spacial score (nSPS) is 11.8. The van der Waals surface area contributed by atoms with Gasteiger partial charge in [-0.1, -0.05) is 12.1 Å².